The molecule has 4 atom stereocenters. The summed E-state index contributed by atoms with van der Waals surface area (Å²) in [6.07, 6.45) is 11.4. The fourth-order valence-electron chi connectivity index (χ4n) is 4.12. The van der Waals surface area contributed by atoms with E-state index in [0.29, 0.717) is 22.5 Å². The van der Waals surface area contributed by atoms with E-state index >= 15 is 0 Å². The quantitative estimate of drug-likeness (QED) is 0.373. The van der Waals surface area contributed by atoms with Crippen LogP contribution in [-0.2, 0) is 4.79 Å². The van der Waals surface area contributed by atoms with Crippen molar-refractivity contribution in [2.75, 3.05) is 12.4 Å². The Balaban J connectivity index is 2.09. The van der Waals surface area contributed by atoms with Crippen molar-refractivity contribution >= 4 is 40.7 Å². The molecule has 3 rings (SSSR count). The molecular weight excluding hydrogens is 389 g/mol. The molecule has 1 fully saturated rings. The fraction of sp³-hybridized carbons (Fsp3) is 0.381. The lowest BCUT2D eigenvalue weighted by Gasteiger charge is -2.37. The lowest BCUT2D eigenvalue weighted by Crippen LogP contribution is -2.32. The summed E-state index contributed by atoms with van der Waals surface area (Å²) >= 11 is 18.5. The van der Waals surface area contributed by atoms with Gasteiger partial charge in [-0.25, -0.2) is 0 Å². The van der Waals surface area contributed by atoms with E-state index in [1.165, 1.54) is 5.57 Å². The largest absolute Gasteiger partial charge is 0.355 e. The van der Waals surface area contributed by atoms with E-state index in [4.69, 9.17) is 34.8 Å². The molecule has 2 aliphatic rings. The van der Waals surface area contributed by atoms with Gasteiger partial charge in [-0.2, -0.15) is 0 Å². The standard InChI is InChI=1S/C21H22Cl3NO/c1-2-4-13(5-3-10-22)20-16(15-7-6-14(23)11-19(15)24)8-9-17-18(20)12-25-21(17)26/h3-9,11,16-18,20H,2,10,12H2,1H3,(H,25,26)/b5-3-,13-4+/t16-,17+,18+,20-/m0/s1. The molecule has 0 bridgehead atoms. The molecule has 0 saturated carbocycles. The Morgan fingerprint density at radius 3 is 2.73 bits per heavy atom. The normalized spacial score (nSPS) is 28.5. The number of allylic oxidation sites excluding steroid dienone is 5. The van der Waals surface area contributed by atoms with Crippen LogP contribution in [0, 0.1) is 17.8 Å². The van der Waals surface area contributed by atoms with Crippen molar-refractivity contribution in [2.45, 2.75) is 19.3 Å². The molecule has 1 aromatic rings. The molecule has 0 aromatic heterocycles. The summed E-state index contributed by atoms with van der Waals surface area (Å²) in [6, 6.07) is 5.65. The molecule has 1 saturated heterocycles. The summed E-state index contributed by atoms with van der Waals surface area (Å²) in [5.41, 5.74) is 2.25. The molecule has 2 nitrogen and oxygen atoms in total. The lowest BCUT2D eigenvalue weighted by molar-refractivity contribution is -0.121. The van der Waals surface area contributed by atoms with Gasteiger partial charge in [-0.15, -0.1) is 11.6 Å². The number of fused-ring (bicyclic) bond motifs is 1. The van der Waals surface area contributed by atoms with Gasteiger partial charge >= 0.3 is 0 Å². The highest BCUT2D eigenvalue weighted by molar-refractivity contribution is 6.35. The number of nitrogens with one attached hydrogen (secondary N) is 1. The van der Waals surface area contributed by atoms with E-state index < -0.39 is 0 Å². The van der Waals surface area contributed by atoms with Crippen LogP contribution in [0.3, 0.4) is 0 Å². The van der Waals surface area contributed by atoms with Crippen molar-refractivity contribution in [2.24, 2.45) is 17.8 Å². The minimum atomic E-state index is -0.0908. The van der Waals surface area contributed by atoms with Crippen LogP contribution in [0.5, 0.6) is 0 Å². The number of hydrogen-bond acceptors (Lipinski definition) is 1. The van der Waals surface area contributed by atoms with Gasteiger partial charge in [0.25, 0.3) is 0 Å². The highest BCUT2D eigenvalue weighted by Gasteiger charge is 2.45. The zero-order chi connectivity index (χ0) is 18.7. The molecule has 5 heteroatoms. The number of alkyl halides is 1. The predicted molar refractivity (Wildman–Crippen MR) is 110 cm³/mol. The molecular formula is C21H22Cl3NO. The molecule has 0 unspecified atom stereocenters. The third-order valence-electron chi connectivity index (χ3n) is 5.20. The van der Waals surface area contributed by atoms with Gasteiger partial charge in [0.1, 0.15) is 0 Å². The second-order valence-corrected chi connectivity index (χ2v) is 7.86. The number of rotatable bonds is 5. The Morgan fingerprint density at radius 1 is 1.27 bits per heavy atom. The molecule has 138 valence electrons. The average Bonchev–Trinajstić information content (AvgIpc) is 2.99. The molecule has 1 N–H and O–H groups in total. The summed E-state index contributed by atoms with van der Waals surface area (Å²) < 4.78 is 0. The SMILES string of the molecule is CC/C=C(\C=C/CCl)[C@@H]1[C@@H]2CNC(=O)[C@@H]2C=C[C@H]1c1ccc(Cl)cc1Cl. The maximum absolute atomic E-state index is 12.2. The van der Waals surface area contributed by atoms with Crippen molar-refractivity contribution in [3.8, 4) is 0 Å². The predicted octanol–water partition coefficient (Wildman–Crippen LogP) is 5.76. The van der Waals surface area contributed by atoms with E-state index in [1.807, 2.05) is 24.3 Å². The van der Waals surface area contributed by atoms with Gasteiger partial charge in [-0.05, 0) is 41.5 Å². The van der Waals surface area contributed by atoms with Crippen molar-refractivity contribution in [3.05, 3.63) is 69.8 Å². The maximum Gasteiger partial charge on any atom is 0.227 e. The van der Waals surface area contributed by atoms with Gasteiger partial charge in [0.15, 0.2) is 0 Å². The summed E-state index contributed by atoms with van der Waals surface area (Å²) in [4.78, 5) is 12.2. The summed E-state index contributed by atoms with van der Waals surface area (Å²) in [7, 11) is 0. The molecule has 1 heterocycles. The first-order valence-corrected chi connectivity index (χ1v) is 10.2. The third kappa shape index (κ3) is 3.88. The minimum absolute atomic E-state index is 0.0893. The molecule has 1 aromatic carbocycles. The Bertz CT molecular complexity index is 769. The van der Waals surface area contributed by atoms with Gasteiger partial charge in [0.05, 0.1) is 5.92 Å². The van der Waals surface area contributed by atoms with Crippen molar-refractivity contribution in [1.29, 1.82) is 0 Å². The van der Waals surface area contributed by atoms with Crippen molar-refractivity contribution in [3.63, 3.8) is 0 Å². The number of amides is 1. The maximum atomic E-state index is 12.2. The van der Waals surface area contributed by atoms with Crippen LogP contribution < -0.4 is 5.32 Å². The third-order valence-corrected chi connectivity index (χ3v) is 5.94. The van der Waals surface area contributed by atoms with E-state index in [9.17, 15) is 4.79 Å². The Hall–Kier alpha value is -1.22. The average molecular weight is 411 g/mol. The minimum Gasteiger partial charge on any atom is -0.355 e. The van der Waals surface area contributed by atoms with E-state index in [2.05, 4.69) is 30.5 Å². The highest BCUT2D eigenvalue weighted by Crippen LogP contribution is 2.47. The van der Waals surface area contributed by atoms with Crippen LogP contribution in [0.4, 0.5) is 0 Å². The van der Waals surface area contributed by atoms with Crippen LogP contribution >= 0.6 is 34.8 Å². The van der Waals surface area contributed by atoms with Gasteiger partial charge in [-0.3, -0.25) is 4.79 Å². The zero-order valence-electron chi connectivity index (χ0n) is 14.6. The second kappa shape index (κ2) is 8.65. The summed E-state index contributed by atoms with van der Waals surface area (Å²) in [5.74, 6) is 0.915. The number of carbonyl (C=O) groups excluding carboxylic acids is 1. The number of hydrogen-bond donors (Lipinski definition) is 1. The monoisotopic (exact) mass is 409 g/mol. The molecule has 26 heavy (non-hydrogen) atoms. The van der Waals surface area contributed by atoms with Gasteiger partial charge in [0.2, 0.25) is 5.91 Å². The van der Waals surface area contributed by atoms with Crippen LogP contribution in [0.1, 0.15) is 24.8 Å². The first-order valence-electron chi connectivity index (χ1n) is 8.90. The van der Waals surface area contributed by atoms with E-state index in [-0.39, 0.29) is 29.6 Å². The highest BCUT2D eigenvalue weighted by atomic mass is 35.5. The lowest BCUT2D eigenvalue weighted by atomic mass is 9.66. The Kier molecular flexibility index (Phi) is 6.50. The van der Waals surface area contributed by atoms with Crippen LogP contribution in [0.15, 0.2) is 54.2 Å². The fourth-order valence-corrected chi connectivity index (χ4v) is 4.74. The topological polar surface area (TPSA) is 29.1 Å². The van der Waals surface area contributed by atoms with E-state index in [0.717, 1.165) is 12.0 Å². The Labute approximate surface area is 169 Å². The molecule has 0 spiro atoms. The van der Waals surface area contributed by atoms with Crippen molar-refractivity contribution in [1.82, 2.24) is 5.32 Å². The number of halogens is 3. The second-order valence-electron chi connectivity index (χ2n) is 6.71. The van der Waals surface area contributed by atoms with Crippen LogP contribution in [-0.4, -0.2) is 18.3 Å². The van der Waals surface area contributed by atoms with Gasteiger partial charge in [0, 0.05) is 28.4 Å². The van der Waals surface area contributed by atoms with Gasteiger partial charge < -0.3 is 5.32 Å². The summed E-state index contributed by atoms with van der Waals surface area (Å²) in [6.45, 7) is 2.79. The van der Waals surface area contributed by atoms with Crippen LogP contribution in [0.25, 0.3) is 0 Å². The number of benzene rings is 1. The smallest absolute Gasteiger partial charge is 0.227 e. The molecule has 1 aliphatic carbocycles. The zero-order valence-corrected chi connectivity index (χ0v) is 16.9. The van der Waals surface area contributed by atoms with Gasteiger partial charge in [-0.1, -0.05) is 66.6 Å². The van der Waals surface area contributed by atoms with Crippen molar-refractivity contribution < 1.29 is 4.79 Å². The Morgan fingerprint density at radius 2 is 2.04 bits per heavy atom. The number of carbonyl (C=O) groups is 1. The molecule has 0 radical (unpaired) electrons. The summed E-state index contributed by atoms with van der Waals surface area (Å²) in [5, 5.41) is 4.30. The first-order chi connectivity index (χ1) is 12.6. The molecule has 1 aliphatic heterocycles. The first kappa shape index (κ1) is 19.5. The van der Waals surface area contributed by atoms with E-state index in [1.54, 1.807) is 6.07 Å². The van der Waals surface area contributed by atoms with Crippen LogP contribution in [0.2, 0.25) is 10.0 Å². The molecule has 1 amide bonds.